The quantitative estimate of drug-likeness (QED) is 0.562. The van der Waals surface area contributed by atoms with Gasteiger partial charge >= 0.3 is 0 Å². The van der Waals surface area contributed by atoms with Crippen molar-refractivity contribution in [1.29, 1.82) is 0 Å². The summed E-state index contributed by atoms with van der Waals surface area (Å²) >= 11 is 0. The molecule has 0 aliphatic heterocycles. The fourth-order valence-electron chi connectivity index (χ4n) is 2.03. The molecule has 138 valence electrons. The van der Waals surface area contributed by atoms with Gasteiger partial charge in [0.1, 0.15) is 5.75 Å². The summed E-state index contributed by atoms with van der Waals surface area (Å²) in [6.45, 7) is 1.51. The van der Waals surface area contributed by atoms with Gasteiger partial charge in [0.05, 0.1) is 23.5 Å². The lowest BCUT2D eigenvalue weighted by Gasteiger charge is -2.13. The van der Waals surface area contributed by atoms with E-state index in [1.165, 1.54) is 56.5 Å². The molecule has 2 aromatic carbocycles. The van der Waals surface area contributed by atoms with Crippen LogP contribution in [0.1, 0.15) is 17.3 Å². The number of carbonyl (C=O) groups excluding carboxylic acids is 1. The molecule has 0 bridgehead atoms. The van der Waals surface area contributed by atoms with Crippen molar-refractivity contribution < 1.29 is 22.9 Å². The first-order chi connectivity index (χ1) is 12.3. The smallest absolute Gasteiger partial charge is 0.269 e. The second-order valence-corrected chi connectivity index (χ2v) is 7.19. The van der Waals surface area contributed by atoms with Gasteiger partial charge < -0.3 is 10.1 Å². The summed E-state index contributed by atoms with van der Waals surface area (Å²) < 4.78 is 30.9. The van der Waals surface area contributed by atoms with Crippen molar-refractivity contribution in [3.63, 3.8) is 0 Å². The first kappa shape index (κ1) is 19.2. The number of benzene rings is 2. The third-order valence-corrected chi connectivity index (χ3v) is 4.74. The van der Waals surface area contributed by atoms with Crippen molar-refractivity contribution in [2.75, 3.05) is 22.9 Å². The van der Waals surface area contributed by atoms with Gasteiger partial charge in [-0.15, -0.1) is 0 Å². The van der Waals surface area contributed by atoms with Gasteiger partial charge in [-0.05, 0) is 31.2 Å². The van der Waals surface area contributed by atoms with Crippen molar-refractivity contribution in [1.82, 2.24) is 0 Å². The molecule has 1 amide bonds. The Hall–Kier alpha value is -3.14. The fraction of sp³-hybridized carbons (Fsp3) is 0.188. The van der Waals surface area contributed by atoms with Crippen LogP contribution in [0.5, 0.6) is 5.75 Å². The van der Waals surface area contributed by atoms with Crippen molar-refractivity contribution >= 4 is 33.0 Å². The lowest BCUT2D eigenvalue weighted by Crippen LogP contribution is -2.16. The monoisotopic (exact) mass is 379 g/mol. The van der Waals surface area contributed by atoms with Crippen LogP contribution in [-0.4, -0.2) is 32.1 Å². The van der Waals surface area contributed by atoms with Gasteiger partial charge in [-0.3, -0.25) is 19.6 Å². The Balaban J connectivity index is 2.18. The topological polar surface area (TPSA) is 128 Å². The van der Waals surface area contributed by atoms with Crippen LogP contribution in [0.25, 0.3) is 0 Å². The zero-order chi connectivity index (χ0) is 19.3. The predicted octanol–water partition coefficient (Wildman–Crippen LogP) is 2.62. The maximum absolute atomic E-state index is 12.2. The van der Waals surface area contributed by atoms with E-state index < -0.39 is 20.9 Å². The number of sulfonamides is 1. The predicted molar refractivity (Wildman–Crippen MR) is 97.1 cm³/mol. The van der Waals surface area contributed by atoms with Crippen LogP contribution < -0.4 is 14.8 Å². The second kappa shape index (κ2) is 7.83. The molecule has 26 heavy (non-hydrogen) atoms. The van der Waals surface area contributed by atoms with Crippen LogP contribution in [0.3, 0.4) is 0 Å². The van der Waals surface area contributed by atoms with Crippen LogP contribution in [0.15, 0.2) is 42.5 Å². The van der Waals surface area contributed by atoms with Crippen molar-refractivity contribution in [2.24, 2.45) is 0 Å². The van der Waals surface area contributed by atoms with Crippen LogP contribution in [0, 0.1) is 10.1 Å². The molecule has 9 nitrogen and oxygen atoms in total. The Labute approximate surface area is 150 Å². The summed E-state index contributed by atoms with van der Waals surface area (Å²) in [6, 6.07) is 9.60. The number of hydrogen-bond donors (Lipinski definition) is 2. The Bertz CT molecular complexity index is 926. The molecular formula is C16H17N3O6S. The van der Waals surface area contributed by atoms with Crippen LogP contribution in [0.2, 0.25) is 0 Å². The maximum atomic E-state index is 12.2. The molecule has 0 saturated heterocycles. The third kappa shape index (κ3) is 4.70. The van der Waals surface area contributed by atoms with E-state index in [-0.39, 0.29) is 28.4 Å². The van der Waals surface area contributed by atoms with Crippen LogP contribution in [-0.2, 0) is 10.0 Å². The minimum absolute atomic E-state index is 0.0885. The lowest BCUT2D eigenvalue weighted by atomic mass is 10.2. The van der Waals surface area contributed by atoms with Gasteiger partial charge in [0, 0.05) is 29.4 Å². The molecule has 10 heteroatoms. The summed E-state index contributed by atoms with van der Waals surface area (Å²) in [4.78, 5) is 22.3. The molecule has 0 unspecified atom stereocenters. The largest absolute Gasteiger partial charge is 0.494 e. The molecule has 0 radical (unpaired) electrons. The van der Waals surface area contributed by atoms with Gasteiger partial charge in [-0.2, -0.15) is 0 Å². The normalized spacial score (nSPS) is 10.8. The summed E-state index contributed by atoms with van der Waals surface area (Å²) in [7, 11) is -2.09. The number of anilines is 2. The maximum Gasteiger partial charge on any atom is 0.269 e. The molecule has 0 heterocycles. The van der Waals surface area contributed by atoms with E-state index in [2.05, 4.69) is 10.0 Å². The highest BCUT2D eigenvalue weighted by Crippen LogP contribution is 2.29. The molecule has 0 aliphatic rings. The van der Waals surface area contributed by atoms with Gasteiger partial charge in [-0.25, -0.2) is 8.42 Å². The lowest BCUT2D eigenvalue weighted by molar-refractivity contribution is -0.384. The van der Waals surface area contributed by atoms with Crippen molar-refractivity contribution in [3.05, 3.63) is 58.1 Å². The zero-order valence-corrected chi connectivity index (χ0v) is 14.9. The minimum Gasteiger partial charge on any atom is -0.494 e. The second-order valence-electron chi connectivity index (χ2n) is 5.18. The Morgan fingerprint density at radius 2 is 1.85 bits per heavy atom. The van der Waals surface area contributed by atoms with Crippen LogP contribution in [0.4, 0.5) is 17.1 Å². The van der Waals surface area contributed by atoms with Gasteiger partial charge in [-0.1, -0.05) is 0 Å². The number of ether oxygens (including phenoxy) is 1. The molecule has 0 aliphatic carbocycles. The standard InChI is InChI=1S/C16H17N3O6S/c1-3-26(23,24)18-14-9-6-12(10-15(14)25-2)17-16(20)11-4-7-13(8-5-11)19(21)22/h4-10,18H,3H2,1-2H3,(H,17,20). The molecule has 2 rings (SSSR count). The average Bonchev–Trinajstić information content (AvgIpc) is 2.62. The number of hydrogen-bond acceptors (Lipinski definition) is 6. The number of nitro benzene ring substituents is 1. The summed E-state index contributed by atoms with van der Waals surface area (Å²) in [5.41, 5.74) is 0.758. The van der Waals surface area contributed by atoms with E-state index in [9.17, 15) is 23.3 Å². The number of methoxy groups -OCH3 is 1. The number of nitro groups is 1. The van der Waals surface area contributed by atoms with E-state index in [0.717, 1.165) is 0 Å². The van der Waals surface area contributed by atoms with Gasteiger partial charge in [0.2, 0.25) is 10.0 Å². The third-order valence-electron chi connectivity index (χ3n) is 3.45. The molecule has 2 aromatic rings. The number of amides is 1. The molecule has 0 aromatic heterocycles. The number of nitrogens with one attached hydrogen (secondary N) is 2. The van der Waals surface area contributed by atoms with E-state index in [4.69, 9.17) is 4.74 Å². The summed E-state index contributed by atoms with van der Waals surface area (Å²) in [5, 5.41) is 13.3. The zero-order valence-electron chi connectivity index (χ0n) is 14.1. The number of carbonyl (C=O) groups is 1. The summed E-state index contributed by atoms with van der Waals surface area (Å²) in [5.74, 6) is -0.318. The van der Waals surface area contributed by atoms with E-state index in [1.54, 1.807) is 0 Å². The minimum atomic E-state index is -3.47. The highest BCUT2D eigenvalue weighted by atomic mass is 32.2. The molecule has 2 N–H and O–H groups in total. The summed E-state index contributed by atoms with van der Waals surface area (Å²) in [6.07, 6.45) is 0. The van der Waals surface area contributed by atoms with E-state index in [1.807, 2.05) is 0 Å². The van der Waals surface area contributed by atoms with E-state index >= 15 is 0 Å². The highest BCUT2D eigenvalue weighted by molar-refractivity contribution is 7.92. The number of nitrogens with zero attached hydrogens (tertiary/aromatic N) is 1. The van der Waals surface area contributed by atoms with Gasteiger partial charge in [0.25, 0.3) is 11.6 Å². The first-order valence-corrected chi connectivity index (χ1v) is 9.15. The Kier molecular flexibility index (Phi) is 5.78. The Morgan fingerprint density at radius 3 is 2.38 bits per heavy atom. The highest BCUT2D eigenvalue weighted by Gasteiger charge is 2.14. The van der Waals surface area contributed by atoms with E-state index in [0.29, 0.717) is 5.69 Å². The number of rotatable bonds is 7. The molecule has 0 spiro atoms. The fourth-order valence-corrected chi connectivity index (χ4v) is 2.68. The number of non-ortho nitro benzene ring substituents is 1. The molecule has 0 saturated carbocycles. The van der Waals surface area contributed by atoms with Crippen LogP contribution >= 0.6 is 0 Å². The van der Waals surface area contributed by atoms with Crippen molar-refractivity contribution in [2.45, 2.75) is 6.92 Å². The first-order valence-electron chi connectivity index (χ1n) is 7.50. The Morgan fingerprint density at radius 1 is 1.19 bits per heavy atom. The molecule has 0 fully saturated rings. The van der Waals surface area contributed by atoms with Gasteiger partial charge in [0.15, 0.2) is 0 Å². The van der Waals surface area contributed by atoms with Crippen molar-refractivity contribution in [3.8, 4) is 5.75 Å². The average molecular weight is 379 g/mol. The SMILES string of the molecule is CCS(=O)(=O)Nc1ccc(NC(=O)c2ccc([N+](=O)[O-])cc2)cc1OC. The molecule has 0 atom stereocenters. The molecular weight excluding hydrogens is 362 g/mol.